The number of thiophene rings is 1. The van der Waals surface area contributed by atoms with Crippen molar-refractivity contribution in [1.82, 2.24) is 0 Å². The number of nitrogen functional groups attached to an aromatic ring is 1. The first-order valence-corrected chi connectivity index (χ1v) is 6.91. The number of thioether (sulfide) groups is 1. The van der Waals surface area contributed by atoms with Gasteiger partial charge in [-0.25, -0.2) is 0 Å². The van der Waals surface area contributed by atoms with Crippen molar-refractivity contribution in [2.45, 2.75) is 4.90 Å². The Kier molecular flexibility index (Phi) is 2.71. The highest BCUT2D eigenvalue weighted by Crippen LogP contribution is 2.37. The number of hydrogen-bond donors (Lipinski definition) is 1. The molecule has 2 N–H and O–H groups in total. The first-order valence-electron chi connectivity index (χ1n) is 3.73. The molecular formula is C9H8INS2. The van der Waals surface area contributed by atoms with Crippen LogP contribution in [0.25, 0.3) is 10.1 Å². The molecule has 0 amide bonds. The van der Waals surface area contributed by atoms with Crippen molar-refractivity contribution >= 4 is 61.5 Å². The zero-order valence-electron chi connectivity index (χ0n) is 7.00. The van der Waals surface area contributed by atoms with Crippen LogP contribution in [-0.2, 0) is 0 Å². The first kappa shape index (κ1) is 9.61. The lowest BCUT2D eigenvalue weighted by atomic mass is 10.2. The van der Waals surface area contributed by atoms with E-state index in [1.807, 2.05) is 6.07 Å². The van der Waals surface area contributed by atoms with Gasteiger partial charge in [0.1, 0.15) is 0 Å². The van der Waals surface area contributed by atoms with Gasteiger partial charge < -0.3 is 5.73 Å². The van der Waals surface area contributed by atoms with Crippen LogP contribution in [0.3, 0.4) is 0 Å². The van der Waals surface area contributed by atoms with Gasteiger partial charge in [0, 0.05) is 19.5 Å². The zero-order valence-corrected chi connectivity index (χ0v) is 10.8. The van der Waals surface area contributed by atoms with Gasteiger partial charge in [-0.2, -0.15) is 0 Å². The Morgan fingerprint density at radius 1 is 1.54 bits per heavy atom. The van der Waals surface area contributed by atoms with Crippen LogP contribution in [0, 0.1) is 3.57 Å². The molecule has 2 aromatic rings. The lowest BCUT2D eigenvalue weighted by Gasteiger charge is -2.04. The van der Waals surface area contributed by atoms with Crippen LogP contribution < -0.4 is 5.73 Å². The van der Waals surface area contributed by atoms with Crippen LogP contribution in [0.15, 0.2) is 22.4 Å². The van der Waals surface area contributed by atoms with E-state index in [1.165, 1.54) is 18.6 Å². The number of benzene rings is 1. The minimum absolute atomic E-state index is 0.887. The van der Waals surface area contributed by atoms with Gasteiger partial charge >= 0.3 is 0 Å². The maximum Gasteiger partial charge on any atom is 0.0509 e. The second-order valence-corrected chi connectivity index (χ2v) is 5.54. The van der Waals surface area contributed by atoms with Gasteiger partial charge in [-0.15, -0.1) is 23.1 Å². The van der Waals surface area contributed by atoms with Gasteiger partial charge in [-0.1, -0.05) is 0 Å². The minimum atomic E-state index is 0.887. The van der Waals surface area contributed by atoms with Crippen molar-refractivity contribution in [2.24, 2.45) is 0 Å². The van der Waals surface area contributed by atoms with Crippen LogP contribution in [0.2, 0.25) is 0 Å². The summed E-state index contributed by atoms with van der Waals surface area (Å²) in [6.45, 7) is 0. The lowest BCUT2D eigenvalue weighted by Crippen LogP contribution is -1.88. The van der Waals surface area contributed by atoms with Crippen LogP contribution in [0.1, 0.15) is 0 Å². The fourth-order valence-electron chi connectivity index (χ4n) is 1.29. The number of hydrogen-bond acceptors (Lipinski definition) is 3. The smallest absolute Gasteiger partial charge is 0.0509 e. The molecule has 1 heterocycles. The fraction of sp³-hybridized carbons (Fsp3) is 0.111. The molecule has 2 rings (SSSR count). The lowest BCUT2D eigenvalue weighted by molar-refractivity contribution is 1.51. The molecule has 0 saturated carbocycles. The Labute approximate surface area is 98.8 Å². The Balaban J connectivity index is 2.88. The third-order valence-electron chi connectivity index (χ3n) is 1.89. The normalized spacial score (nSPS) is 10.9. The first-order chi connectivity index (χ1) is 6.24. The predicted octanol–water partition coefficient (Wildman–Crippen LogP) is 3.81. The van der Waals surface area contributed by atoms with E-state index in [0.717, 1.165) is 5.69 Å². The molecule has 13 heavy (non-hydrogen) atoms. The van der Waals surface area contributed by atoms with Crippen LogP contribution in [-0.4, -0.2) is 6.26 Å². The van der Waals surface area contributed by atoms with Crippen molar-refractivity contribution in [3.05, 3.63) is 21.1 Å². The highest BCUT2D eigenvalue weighted by Gasteiger charge is 2.08. The Bertz CT molecular complexity index is 450. The molecule has 0 bridgehead atoms. The van der Waals surface area contributed by atoms with E-state index in [2.05, 4.69) is 40.3 Å². The largest absolute Gasteiger partial charge is 0.398 e. The minimum Gasteiger partial charge on any atom is -0.398 e. The molecule has 1 aromatic carbocycles. The molecule has 1 aromatic heterocycles. The molecule has 1 nitrogen and oxygen atoms in total. The van der Waals surface area contributed by atoms with Crippen molar-refractivity contribution in [2.75, 3.05) is 12.0 Å². The van der Waals surface area contributed by atoms with Gasteiger partial charge in [-0.05, 0) is 46.4 Å². The highest BCUT2D eigenvalue weighted by atomic mass is 127. The van der Waals surface area contributed by atoms with Gasteiger partial charge in [0.25, 0.3) is 0 Å². The van der Waals surface area contributed by atoms with E-state index in [-0.39, 0.29) is 0 Å². The van der Waals surface area contributed by atoms with E-state index in [9.17, 15) is 0 Å². The summed E-state index contributed by atoms with van der Waals surface area (Å²) in [4.78, 5) is 1.35. The van der Waals surface area contributed by atoms with Crippen molar-refractivity contribution in [3.63, 3.8) is 0 Å². The number of halogens is 1. The monoisotopic (exact) mass is 321 g/mol. The zero-order chi connectivity index (χ0) is 9.42. The standard InChI is InChI=1S/C9H8INS2/c1-12-9-6(10)4-7(11)5-2-3-13-8(5)9/h2-4H,11H2,1H3. The van der Waals surface area contributed by atoms with E-state index in [0.29, 0.717) is 0 Å². The number of rotatable bonds is 1. The summed E-state index contributed by atoms with van der Waals surface area (Å²) >= 11 is 5.88. The molecule has 0 aliphatic carbocycles. The second kappa shape index (κ2) is 3.67. The predicted molar refractivity (Wildman–Crippen MR) is 70.7 cm³/mol. The third kappa shape index (κ3) is 1.55. The molecular weight excluding hydrogens is 313 g/mol. The van der Waals surface area contributed by atoms with Gasteiger partial charge in [-0.3, -0.25) is 0 Å². The summed E-state index contributed by atoms with van der Waals surface area (Å²) < 4.78 is 2.56. The number of fused-ring (bicyclic) bond motifs is 1. The average Bonchev–Trinajstić information content (AvgIpc) is 2.53. The highest BCUT2D eigenvalue weighted by molar-refractivity contribution is 14.1. The maximum atomic E-state index is 5.92. The van der Waals surface area contributed by atoms with Crippen LogP contribution in [0.5, 0.6) is 0 Å². The molecule has 0 atom stereocenters. The topological polar surface area (TPSA) is 26.0 Å². The van der Waals surface area contributed by atoms with Crippen LogP contribution in [0.4, 0.5) is 5.69 Å². The number of anilines is 1. The van der Waals surface area contributed by atoms with E-state index in [1.54, 1.807) is 23.1 Å². The Morgan fingerprint density at radius 3 is 3.00 bits per heavy atom. The van der Waals surface area contributed by atoms with E-state index >= 15 is 0 Å². The third-order valence-corrected chi connectivity index (χ3v) is 5.00. The molecule has 0 unspecified atom stereocenters. The molecule has 68 valence electrons. The average molecular weight is 321 g/mol. The molecule has 0 aliphatic rings. The SMILES string of the molecule is CSc1c(I)cc(N)c2ccsc12. The van der Waals surface area contributed by atoms with Crippen molar-refractivity contribution in [1.29, 1.82) is 0 Å². The molecule has 0 saturated heterocycles. The van der Waals surface area contributed by atoms with Gasteiger partial charge in [0.05, 0.1) is 4.70 Å². The van der Waals surface area contributed by atoms with Crippen molar-refractivity contribution in [3.8, 4) is 0 Å². The van der Waals surface area contributed by atoms with Crippen molar-refractivity contribution < 1.29 is 0 Å². The maximum absolute atomic E-state index is 5.92. The Morgan fingerprint density at radius 2 is 2.31 bits per heavy atom. The molecule has 4 heteroatoms. The molecule has 0 spiro atoms. The number of nitrogens with two attached hydrogens (primary N) is 1. The fourth-order valence-corrected chi connectivity index (χ4v) is 4.55. The summed E-state index contributed by atoms with van der Waals surface area (Å²) in [6, 6.07) is 4.13. The summed E-state index contributed by atoms with van der Waals surface area (Å²) in [6.07, 6.45) is 2.10. The van der Waals surface area contributed by atoms with Gasteiger partial charge in [0.2, 0.25) is 0 Å². The summed E-state index contributed by atoms with van der Waals surface area (Å²) in [5.41, 5.74) is 6.81. The summed E-state index contributed by atoms with van der Waals surface area (Å²) in [5, 5.41) is 3.28. The molecule has 0 fully saturated rings. The molecule has 0 aliphatic heterocycles. The van der Waals surface area contributed by atoms with Gasteiger partial charge in [0.15, 0.2) is 0 Å². The van der Waals surface area contributed by atoms with E-state index in [4.69, 9.17) is 5.73 Å². The second-order valence-electron chi connectivity index (χ2n) is 2.64. The molecule has 0 radical (unpaired) electrons. The van der Waals surface area contributed by atoms with Crippen LogP contribution >= 0.6 is 45.7 Å². The van der Waals surface area contributed by atoms with E-state index < -0.39 is 0 Å². The quantitative estimate of drug-likeness (QED) is 0.491. The summed E-state index contributed by atoms with van der Waals surface area (Å²) in [7, 11) is 0. The summed E-state index contributed by atoms with van der Waals surface area (Å²) in [5.74, 6) is 0. The Hall–Kier alpha value is 0.0600.